The number of anilines is 1. The van der Waals surface area contributed by atoms with E-state index in [1.807, 2.05) is 24.3 Å². The number of phenolic OH excluding ortho intramolecular Hbond substituents is 1. The average Bonchev–Trinajstić information content (AvgIpc) is 2.91. The van der Waals surface area contributed by atoms with Gasteiger partial charge >= 0.3 is 5.97 Å². The van der Waals surface area contributed by atoms with Crippen molar-refractivity contribution < 1.29 is 15.0 Å². The van der Waals surface area contributed by atoms with E-state index in [0.29, 0.717) is 5.13 Å². The van der Waals surface area contributed by atoms with E-state index >= 15 is 0 Å². The number of thiazole rings is 1. The lowest BCUT2D eigenvalue weighted by molar-refractivity contribution is -0.141. The molecule has 0 radical (unpaired) electrons. The van der Waals surface area contributed by atoms with Crippen molar-refractivity contribution in [2.75, 3.05) is 5.32 Å². The molecule has 6 heteroatoms. The maximum Gasteiger partial charge on any atom is 0.329 e. The van der Waals surface area contributed by atoms with Gasteiger partial charge in [0.15, 0.2) is 5.13 Å². The molecule has 0 spiro atoms. The predicted octanol–water partition coefficient (Wildman–Crippen LogP) is 3.50. The Balaban J connectivity index is 1.87. The second-order valence-corrected chi connectivity index (χ2v) is 6.62. The number of phenols is 1. The number of carboxylic acids is 1. The fourth-order valence-corrected chi connectivity index (χ4v) is 3.35. The highest BCUT2D eigenvalue weighted by molar-refractivity contribution is 7.22. The van der Waals surface area contributed by atoms with Crippen LogP contribution in [-0.4, -0.2) is 26.7 Å². The first kappa shape index (κ1) is 15.3. The molecule has 118 valence electrons. The molecule has 0 aliphatic heterocycles. The number of carboxylic acid groups (broad SMARTS) is 1. The molecule has 0 bridgehead atoms. The van der Waals surface area contributed by atoms with Crippen molar-refractivity contribution in [1.82, 2.24) is 4.98 Å². The Morgan fingerprint density at radius 3 is 2.57 bits per heavy atom. The topological polar surface area (TPSA) is 82.5 Å². The summed E-state index contributed by atoms with van der Waals surface area (Å²) in [5, 5.41) is 22.6. The number of aromatic nitrogens is 1. The second kappa shape index (κ2) is 5.89. The summed E-state index contributed by atoms with van der Waals surface area (Å²) in [5.41, 5.74) is 0.476. The van der Waals surface area contributed by atoms with Gasteiger partial charge in [-0.1, -0.05) is 35.6 Å². The van der Waals surface area contributed by atoms with Gasteiger partial charge in [-0.3, -0.25) is 0 Å². The number of rotatable bonds is 5. The Bertz CT molecular complexity index is 811. The number of hydrogen-bond donors (Lipinski definition) is 3. The van der Waals surface area contributed by atoms with Gasteiger partial charge in [-0.2, -0.15) is 0 Å². The van der Waals surface area contributed by atoms with Crippen LogP contribution in [0.4, 0.5) is 5.13 Å². The highest BCUT2D eigenvalue weighted by Crippen LogP contribution is 2.29. The minimum atomic E-state index is -1.19. The van der Waals surface area contributed by atoms with Crippen LogP contribution in [0.5, 0.6) is 5.75 Å². The molecular weight excluding hydrogens is 312 g/mol. The van der Waals surface area contributed by atoms with E-state index < -0.39 is 11.5 Å². The molecule has 0 amide bonds. The fourth-order valence-electron chi connectivity index (χ4n) is 2.36. The van der Waals surface area contributed by atoms with Gasteiger partial charge < -0.3 is 15.5 Å². The molecule has 0 aliphatic carbocycles. The van der Waals surface area contributed by atoms with Crippen LogP contribution >= 0.6 is 11.3 Å². The van der Waals surface area contributed by atoms with Crippen LogP contribution in [0.15, 0.2) is 48.5 Å². The lowest BCUT2D eigenvalue weighted by Gasteiger charge is -2.26. The predicted molar refractivity (Wildman–Crippen MR) is 91.1 cm³/mol. The normalized spacial score (nSPS) is 13.6. The first-order valence-electron chi connectivity index (χ1n) is 7.11. The van der Waals surface area contributed by atoms with E-state index in [2.05, 4.69) is 10.3 Å². The number of nitrogens with one attached hydrogen (secondary N) is 1. The first-order valence-corrected chi connectivity index (χ1v) is 7.93. The summed E-state index contributed by atoms with van der Waals surface area (Å²) in [4.78, 5) is 16.2. The Kier molecular flexibility index (Phi) is 3.92. The van der Waals surface area contributed by atoms with Gasteiger partial charge in [-0.25, -0.2) is 9.78 Å². The quantitative estimate of drug-likeness (QED) is 0.668. The summed E-state index contributed by atoms with van der Waals surface area (Å²) in [7, 11) is 0. The molecular formula is C17H16N2O3S. The molecule has 5 nitrogen and oxygen atoms in total. The van der Waals surface area contributed by atoms with Crippen LogP contribution in [0.2, 0.25) is 0 Å². The summed E-state index contributed by atoms with van der Waals surface area (Å²) in [6.07, 6.45) is 0.276. The van der Waals surface area contributed by atoms with Crippen LogP contribution in [0.3, 0.4) is 0 Å². The van der Waals surface area contributed by atoms with Crippen molar-refractivity contribution >= 4 is 32.7 Å². The molecule has 3 N–H and O–H groups in total. The molecule has 0 unspecified atom stereocenters. The number of fused-ring (bicyclic) bond motifs is 1. The number of para-hydroxylation sites is 1. The van der Waals surface area contributed by atoms with Crippen LogP contribution in [0.1, 0.15) is 12.5 Å². The van der Waals surface area contributed by atoms with Gasteiger partial charge in [0.1, 0.15) is 11.3 Å². The highest BCUT2D eigenvalue weighted by atomic mass is 32.1. The minimum Gasteiger partial charge on any atom is -0.508 e. The monoisotopic (exact) mass is 328 g/mol. The van der Waals surface area contributed by atoms with Crippen molar-refractivity contribution in [3.63, 3.8) is 0 Å². The third kappa shape index (κ3) is 3.27. The molecule has 0 aliphatic rings. The largest absolute Gasteiger partial charge is 0.508 e. The number of aliphatic carboxylic acids is 1. The number of hydrogen-bond acceptors (Lipinski definition) is 5. The maximum absolute atomic E-state index is 11.8. The molecule has 1 heterocycles. The number of aromatic hydroxyl groups is 1. The zero-order valence-electron chi connectivity index (χ0n) is 12.5. The summed E-state index contributed by atoms with van der Waals surface area (Å²) >= 11 is 1.43. The minimum absolute atomic E-state index is 0.157. The van der Waals surface area contributed by atoms with E-state index in [1.165, 1.54) is 11.3 Å². The lowest BCUT2D eigenvalue weighted by atomic mass is 9.93. The Morgan fingerprint density at radius 2 is 1.91 bits per heavy atom. The van der Waals surface area contributed by atoms with Gasteiger partial charge in [0.2, 0.25) is 0 Å². The Hall–Kier alpha value is -2.60. The maximum atomic E-state index is 11.8. The van der Waals surface area contributed by atoms with Crippen LogP contribution in [-0.2, 0) is 11.2 Å². The average molecular weight is 328 g/mol. The third-order valence-electron chi connectivity index (χ3n) is 3.64. The number of carbonyl (C=O) groups is 1. The summed E-state index contributed by atoms with van der Waals surface area (Å²) in [6.45, 7) is 1.63. The van der Waals surface area contributed by atoms with Crippen molar-refractivity contribution in [2.24, 2.45) is 0 Å². The fraction of sp³-hybridized carbons (Fsp3) is 0.176. The molecule has 3 aromatic rings. The number of nitrogens with zero attached hydrogens (tertiary/aromatic N) is 1. The molecule has 0 fully saturated rings. The standard InChI is InChI=1S/C17H16N2O3S/c1-17(15(21)22,10-11-6-8-12(20)9-7-11)19-16-18-13-4-2-3-5-14(13)23-16/h2-9,20H,10H2,1H3,(H,18,19)(H,21,22)/t17-/m0/s1. The zero-order chi connectivity index (χ0) is 16.4. The van der Waals surface area contributed by atoms with Gasteiger partial charge in [-0.15, -0.1) is 0 Å². The van der Waals surface area contributed by atoms with Crippen LogP contribution in [0, 0.1) is 0 Å². The smallest absolute Gasteiger partial charge is 0.329 e. The van der Waals surface area contributed by atoms with Crippen LogP contribution < -0.4 is 5.32 Å². The van der Waals surface area contributed by atoms with Crippen molar-refractivity contribution in [3.05, 3.63) is 54.1 Å². The van der Waals surface area contributed by atoms with E-state index in [-0.39, 0.29) is 12.2 Å². The first-order chi connectivity index (χ1) is 11.0. The molecule has 1 aromatic heterocycles. The second-order valence-electron chi connectivity index (χ2n) is 5.59. The Labute approximate surface area is 137 Å². The van der Waals surface area contributed by atoms with Crippen molar-refractivity contribution in [2.45, 2.75) is 18.9 Å². The van der Waals surface area contributed by atoms with E-state index in [1.54, 1.807) is 31.2 Å². The van der Waals surface area contributed by atoms with Gasteiger partial charge in [0.25, 0.3) is 0 Å². The van der Waals surface area contributed by atoms with E-state index in [0.717, 1.165) is 15.8 Å². The lowest BCUT2D eigenvalue weighted by Crippen LogP contribution is -2.45. The van der Waals surface area contributed by atoms with Crippen molar-refractivity contribution in [1.29, 1.82) is 0 Å². The zero-order valence-corrected chi connectivity index (χ0v) is 13.3. The highest BCUT2D eigenvalue weighted by Gasteiger charge is 2.34. The molecule has 3 rings (SSSR count). The molecule has 23 heavy (non-hydrogen) atoms. The van der Waals surface area contributed by atoms with E-state index in [4.69, 9.17) is 0 Å². The molecule has 1 atom stereocenters. The third-order valence-corrected chi connectivity index (χ3v) is 4.59. The molecule has 0 saturated carbocycles. The van der Waals surface area contributed by atoms with E-state index in [9.17, 15) is 15.0 Å². The number of benzene rings is 2. The SMILES string of the molecule is C[C@@](Cc1ccc(O)cc1)(Nc1nc2ccccc2s1)C(=O)O. The molecule has 2 aromatic carbocycles. The molecule has 0 saturated heterocycles. The van der Waals surface area contributed by atoms with Crippen molar-refractivity contribution in [3.8, 4) is 5.75 Å². The Morgan fingerprint density at radius 1 is 1.22 bits per heavy atom. The van der Waals surface area contributed by atoms with Gasteiger partial charge in [0, 0.05) is 6.42 Å². The van der Waals surface area contributed by atoms with Gasteiger partial charge in [-0.05, 0) is 36.8 Å². The van der Waals surface area contributed by atoms with Gasteiger partial charge in [0.05, 0.1) is 10.2 Å². The summed E-state index contributed by atoms with van der Waals surface area (Å²) in [6, 6.07) is 14.2. The summed E-state index contributed by atoms with van der Waals surface area (Å²) < 4.78 is 1.01. The summed E-state index contributed by atoms with van der Waals surface area (Å²) in [5.74, 6) is -0.797. The van der Waals surface area contributed by atoms with Crippen LogP contribution in [0.25, 0.3) is 10.2 Å².